The van der Waals surface area contributed by atoms with E-state index in [-0.39, 0.29) is 5.91 Å². The predicted octanol–water partition coefficient (Wildman–Crippen LogP) is 6.13. The lowest BCUT2D eigenvalue weighted by atomic mass is 10.1. The summed E-state index contributed by atoms with van der Waals surface area (Å²) < 4.78 is 11.6. The third kappa shape index (κ3) is 5.15. The van der Waals surface area contributed by atoms with Gasteiger partial charge in [0.1, 0.15) is 6.61 Å². The number of hydrogen-bond acceptors (Lipinski definition) is 5. The van der Waals surface area contributed by atoms with E-state index in [0.717, 1.165) is 16.7 Å². The maximum atomic E-state index is 12.6. The Morgan fingerprint density at radius 2 is 1.91 bits per heavy atom. The van der Waals surface area contributed by atoms with Crippen LogP contribution in [0.25, 0.3) is 6.08 Å². The second kappa shape index (κ2) is 9.94. The number of benzene rings is 3. The van der Waals surface area contributed by atoms with Gasteiger partial charge in [0.15, 0.2) is 16.7 Å². The van der Waals surface area contributed by atoms with Gasteiger partial charge >= 0.3 is 0 Å². The monoisotopic (exact) mass is 464 g/mol. The Morgan fingerprint density at radius 1 is 1.09 bits per heavy atom. The van der Waals surface area contributed by atoms with Crippen LogP contribution in [0.1, 0.15) is 16.7 Å². The molecule has 0 aliphatic carbocycles. The summed E-state index contributed by atoms with van der Waals surface area (Å²) in [6.45, 7) is 2.31. The molecule has 5 nitrogen and oxygen atoms in total. The number of hydrogen-bond donors (Lipinski definition) is 1. The minimum atomic E-state index is -0.219. The van der Waals surface area contributed by atoms with Crippen molar-refractivity contribution >= 4 is 46.2 Å². The van der Waals surface area contributed by atoms with Crippen LogP contribution in [-0.4, -0.2) is 18.2 Å². The molecule has 1 fully saturated rings. The molecule has 32 heavy (non-hydrogen) atoms. The molecule has 4 rings (SSSR count). The molecule has 7 heteroatoms. The van der Waals surface area contributed by atoms with Crippen molar-refractivity contribution in [3.8, 4) is 11.5 Å². The lowest BCUT2D eigenvalue weighted by molar-refractivity contribution is -0.115. The number of para-hydroxylation sites is 1. The molecule has 0 bridgehead atoms. The first-order valence-corrected chi connectivity index (χ1v) is 11.1. The van der Waals surface area contributed by atoms with Crippen molar-refractivity contribution in [1.29, 1.82) is 0 Å². The fourth-order valence-electron chi connectivity index (χ4n) is 3.08. The van der Waals surface area contributed by atoms with Crippen LogP contribution in [0.3, 0.4) is 0 Å². The van der Waals surface area contributed by atoms with Gasteiger partial charge in [-0.2, -0.15) is 0 Å². The molecule has 3 aromatic rings. The summed E-state index contributed by atoms with van der Waals surface area (Å²) >= 11 is 7.45. The van der Waals surface area contributed by atoms with Gasteiger partial charge in [0.05, 0.1) is 17.7 Å². The number of nitrogens with zero attached hydrogens (tertiary/aromatic N) is 1. The molecule has 1 heterocycles. The Balaban J connectivity index is 1.59. The normalized spacial score (nSPS) is 15.8. The van der Waals surface area contributed by atoms with Crippen molar-refractivity contribution < 1.29 is 14.3 Å². The molecular weight excluding hydrogens is 444 g/mol. The van der Waals surface area contributed by atoms with E-state index in [2.05, 4.69) is 10.3 Å². The van der Waals surface area contributed by atoms with E-state index >= 15 is 0 Å². The van der Waals surface area contributed by atoms with Gasteiger partial charge in [-0.3, -0.25) is 4.79 Å². The highest BCUT2D eigenvalue weighted by atomic mass is 35.5. The highest BCUT2D eigenvalue weighted by Crippen LogP contribution is 2.36. The van der Waals surface area contributed by atoms with E-state index < -0.39 is 0 Å². The van der Waals surface area contributed by atoms with E-state index in [1.165, 1.54) is 11.8 Å². The number of carbonyl (C=O) groups excluding carboxylic acids is 1. The van der Waals surface area contributed by atoms with Gasteiger partial charge in [0.2, 0.25) is 0 Å². The summed E-state index contributed by atoms with van der Waals surface area (Å²) in [5, 5.41) is 3.93. The van der Waals surface area contributed by atoms with Crippen LogP contribution >= 0.6 is 23.4 Å². The number of carbonyl (C=O) groups is 1. The number of aliphatic imine (C=N–C) groups is 1. The zero-order valence-corrected chi connectivity index (χ0v) is 19.2. The first-order valence-electron chi connectivity index (χ1n) is 9.93. The van der Waals surface area contributed by atoms with E-state index in [1.54, 1.807) is 19.3 Å². The zero-order valence-electron chi connectivity index (χ0n) is 17.6. The minimum Gasteiger partial charge on any atom is -0.493 e. The first-order chi connectivity index (χ1) is 15.5. The van der Waals surface area contributed by atoms with Crippen LogP contribution in [0.2, 0.25) is 5.02 Å². The number of aryl methyl sites for hydroxylation is 1. The summed E-state index contributed by atoms with van der Waals surface area (Å²) in [5.74, 6) is 0.959. The molecule has 162 valence electrons. The third-order valence-corrected chi connectivity index (χ3v) is 6.10. The maximum Gasteiger partial charge on any atom is 0.264 e. The van der Waals surface area contributed by atoms with Crippen molar-refractivity contribution in [2.24, 2.45) is 4.99 Å². The average Bonchev–Trinajstić information content (AvgIpc) is 3.14. The Morgan fingerprint density at radius 3 is 2.66 bits per heavy atom. The standard InChI is InChI=1S/C25H21ClN2O3S/c1-16-11-12-19(14-20(16)26)27-25-28-24(29)22(32-25)13-18-9-6-10-21(30-2)23(18)31-15-17-7-4-3-5-8-17/h3-14H,15H2,1-2H3,(H,27,28,29). The Labute approximate surface area is 196 Å². The SMILES string of the molecule is COc1cccc(C=C2SC(=Nc3ccc(C)c(Cl)c3)NC2=O)c1OCc1ccccc1. The van der Waals surface area contributed by atoms with Crippen LogP contribution in [0.15, 0.2) is 76.6 Å². The van der Waals surface area contributed by atoms with Gasteiger partial charge in [-0.05, 0) is 54.1 Å². The first kappa shape index (κ1) is 22.0. The van der Waals surface area contributed by atoms with E-state index in [1.807, 2.05) is 67.6 Å². The summed E-state index contributed by atoms with van der Waals surface area (Å²) in [5.41, 5.74) is 3.44. The van der Waals surface area contributed by atoms with Crippen LogP contribution < -0.4 is 14.8 Å². The van der Waals surface area contributed by atoms with Crippen LogP contribution in [-0.2, 0) is 11.4 Å². The average molecular weight is 465 g/mol. The number of ether oxygens (including phenoxy) is 2. The molecular formula is C25H21ClN2O3S. The number of rotatable bonds is 6. The Bertz CT molecular complexity index is 1210. The van der Waals surface area contributed by atoms with Crippen molar-refractivity contribution in [1.82, 2.24) is 5.32 Å². The maximum absolute atomic E-state index is 12.6. The lowest BCUT2D eigenvalue weighted by Crippen LogP contribution is -2.19. The number of nitrogens with one attached hydrogen (secondary N) is 1. The predicted molar refractivity (Wildman–Crippen MR) is 131 cm³/mol. The lowest BCUT2D eigenvalue weighted by Gasteiger charge is -2.13. The largest absolute Gasteiger partial charge is 0.493 e. The summed E-state index contributed by atoms with van der Waals surface area (Å²) in [6.07, 6.45) is 1.79. The van der Waals surface area contributed by atoms with E-state index in [4.69, 9.17) is 21.1 Å². The van der Waals surface area contributed by atoms with Gasteiger partial charge in [0.25, 0.3) is 5.91 Å². The zero-order chi connectivity index (χ0) is 22.5. The summed E-state index contributed by atoms with van der Waals surface area (Å²) in [4.78, 5) is 17.6. The molecule has 1 saturated heterocycles. The highest BCUT2D eigenvalue weighted by Gasteiger charge is 2.25. The van der Waals surface area contributed by atoms with E-state index in [0.29, 0.717) is 38.9 Å². The van der Waals surface area contributed by atoms with Crippen LogP contribution in [0.5, 0.6) is 11.5 Å². The van der Waals surface area contributed by atoms with Crippen molar-refractivity contribution in [3.05, 3.63) is 93.3 Å². The molecule has 0 aromatic heterocycles. The van der Waals surface area contributed by atoms with Gasteiger partial charge in [-0.1, -0.05) is 60.1 Å². The molecule has 0 spiro atoms. The Hall–Kier alpha value is -3.22. The molecule has 1 aliphatic rings. The number of amides is 1. The number of methoxy groups -OCH3 is 1. The second-order valence-electron chi connectivity index (χ2n) is 7.07. The van der Waals surface area contributed by atoms with Crippen LogP contribution in [0, 0.1) is 6.92 Å². The molecule has 3 aromatic carbocycles. The topological polar surface area (TPSA) is 59.9 Å². The van der Waals surface area contributed by atoms with Crippen LogP contribution in [0.4, 0.5) is 5.69 Å². The quantitative estimate of drug-likeness (QED) is 0.446. The molecule has 1 amide bonds. The van der Waals surface area contributed by atoms with Gasteiger partial charge < -0.3 is 14.8 Å². The molecule has 0 radical (unpaired) electrons. The molecule has 1 N–H and O–H groups in total. The third-order valence-electron chi connectivity index (χ3n) is 4.78. The number of amidine groups is 1. The Kier molecular flexibility index (Phi) is 6.83. The molecule has 0 atom stereocenters. The van der Waals surface area contributed by atoms with Gasteiger partial charge in [0, 0.05) is 10.6 Å². The second-order valence-corrected chi connectivity index (χ2v) is 8.51. The van der Waals surface area contributed by atoms with Gasteiger partial charge in [-0.25, -0.2) is 4.99 Å². The minimum absolute atomic E-state index is 0.219. The smallest absolute Gasteiger partial charge is 0.264 e. The number of thioether (sulfide) groups is 1. The van der Waals surface area contributed by atoms with E-state index in [9.17, 15) is 4.79 Å². The van der Waals surface area contributed by atoms with Gasteiger partial charge in [-0.15, -0.1) is 0 Å². The number of halogens is 1. The molecule has 1 aliphatic heterocycles. The molecule has 0 unspecified atom stereocenters. The van der Waals surface area contributed by atoms with Crippen molar-refractivity contribution in [2.75, 3.05) is 7.11 Å². The highest BCUT2D eigenvalue weighted by molar-refractivity contribution is 8.18. The fraction of sp³-hybridized carbons (Fsp3) is 0.120. The van der Waals surface area contributed by atoms with Crippen molar-refractivity contribution in [3.63, 3.8) is 0 Å². The van der Waals surface area contributed by atoms with Crippen molar-refractivity contribution in [2.45, 2.75) is 13.5 Å². The molecule has 0 saturated carbocycles. The summed E-state index contributed by atoms with van der Waals surface area (Å²) in [7, 11) is 1.59. The fourth-order valence-corrected chi connectivity index (χ4v) is 4.09. The summed E-state index contributed by atoms with van der Waals surface area (Å²) in [6, 6.07) is 21.0.